The molecule has 2 aromatic carbocycles. The molecule has 1 amide bonds. The molecule has 29 heavy (non-hydrogen) atoms. The van der Waals surface area contributed by atoms with Crippen molar-refractivity contribution in [2.75, 3.05) is 31.9 Å². The Labute approximate surface area is 176 Å². The van der Waals surface area contributed by atoms with Crippen molar-refractivity contribution in [2.45, 2.75) is 25.1 Å². The average Bonchev–Trinajstić information content (AvgIpc) is 3.05. The number of rotatable bonds is 6. The summed E-state index contributed by atoms with van der Waals surface area (Å²) in [6, 6.07) is 18.6. The van der Waals surface area contributed by atoms with Crippen LogP contribution in [0.5, 0.6) is 0 Å². The van der Waals surface area contributed by atoms with Crippen molar-refractivity contribution in [3.8, 4) is 0 Å². The van der Waals surface area contributed by atoms with Crippen LogP contribution in [0.3, 0.4) is 0 Å². The number of hydrogen-bond donors (Lipinski definition) is 1. The van der Waals surface area contributed by atoms with E-state index in [0.29, 0.717) is 5.75 Å². The SMILES string of the molecule is CC(SCC(=O)N1CCCN(Cc2ccccc2)CC1)c1nc2ccccc2[nH]1. The molecule has 3 aromatic rings. The third kappa shape index (κ3) is 5.19. The van der Waals surface area contributed by atoms with Gasteiger partial charge in [0.15, 0.2) is 0 Å². The number of nitrogens with zero attached hydrogens (tertiary/aromatic N) is 3. The first-order valence-electron chi connectivity index (χ1n) is 10.3. The molecule has 1 aromatic heterocycles. The molecule has 1 N–H and O–H groups in total. The molecule has 1 aliphatic rings. The Balaban J connectivity index is 1.27. The van der Waals surface area contributed by atoms with Gasteiger partial charge in [-0.1, -0.05) is 42.5 Å². The number of thioether (sulfide) groups is 1. The summed E-state index contributed by atoms with van der Waals surface area (Å²) in [5.74, 6) is 1.67. The Hall–Kier alpha value is -2.31. The molecule has 6 heteroatoms. The third-order valence-corrected chi connectivity index (χ3v) is 6.58. The van der Waals surface area contributed by atoms with Gasteiger partial charge >= 0.3 is 0 Å². The maximum Gasteiger partial charge on any atom is 0.232 e. The van der Waals surface area contributed by atoms with Crippen LogP contribution in [0.15, 0.2) is 54.6 Å². The number of fused-ring (bicyclic) bond motifs is 1. The van der Waals surface area contributed by atoms with Crippen molar-refractivity contribution >= 4 is 28.7 Å². The Kier molecular flexibility index (Phi) is 6.52. The van der Waals surface area contributed by atoms with Crippen LogP contribution >= 0.6 is 11.8 Å². The number of hydrogen-bond acceptors (Lipinski definition) is 4. The van der Waals surface area contributed by atoms with Gasteiger partial charge in [0.2, 0.25) is 5.91 Å². The number of aromatic amines is 1. The molecular weight excluding hydrogens is 380 g/mol. The summed E-state index contributed by atoms with van der Waals surface area (Å²) < 4.78 is 0. The predicted molar refractivity (Wildman–Crippen MR) is 120 cm³/mol. The topological polar surface area (TPSA) is 52.2 Å². The Morgan fingerprint density at radius 2 is 1.86 bits per heavy atom. The van der Waals surface area contributed by atoms with Gasteiger partial charge in [-0.15, -0.1) is 11.8 Å². The normalized spacial score (nSPS) is 16.7. The first-order chi connectivity index (χ1) is 14.2. The summed E-state index contributed by atoms with van der Waals surface area (Å²) in [6.07, 6.45) is 1.03. The zero-order valence-electron chi connectivity index (χ0n) is 16.9. The number of imidazole rings is 1. The van der Waals surface area contributed by atoms with Gasteiger partial charge in [-0.05, 0) is 31.0 Å². The Morgan fingerprint density at radius 3 is 2.69 bits per heavy atom. The van der Waals surface area contributed by atoms with E-state index in [0.717, 1.165) is 56.0 Å². The van der Waals surface area contributed by atoms with Gasteiger partial charge in [0, 0.05) is 32.7 Å². The lowest BCUT2D eigenvalue weighted by molar-refractivity contribution is -0.128. The minimum Gasteiger partial charge on any atom is -0.341 e. The minimum absolute atomic E-state index is 0.160. The summed E-state index contributed by atoms with van der Waals surface area (Å²) >= 11 is 1.66. The largest absolute Gasteiger partial charge is 0.341 e. The highest BCUT2D eigenvalue weighted by Crippen LogP contribution is 2.28. The van der Waals surface area contributed by atoms with Crippen molar-refractivity contribution in [3.05, 3.63) is 66.0 Å². The molecular formula is C23H28N4OS. The molecule has 1 unspecified atom stereocenters. The molecule has 4 rings (SSSR count). The average molecular weight is 409 g/mol. The number of aromatic nitrogens is 2. The highest BCUT2D eigenvalue weighted by molar-refractivity contribution is 8.00. The van der Waals surface area contributed by atoms with E-state index >= 15 is 0 Å². The highest BCUT2D eigenvalue weighted by atomic mass is 32.2. The summed E-state index contributed by atoms with van der Waals surface area (Å²) in [4.78, 5) is 25.3. The smallest absolute Gasteiger partial charge is 0.232 e. The summed E-state index contributed by atoms with van der Waals surface area (Å²) in [5.41, 5.74) is 3.36. The predicted octanol–water partition coefficient (Wildman–Crippen LogP) is 4.09. The quantitative estimate of drug-likeness (QED) is 0.667. The van der Waals surface area contributed by atoms with Crippen molar-refractivity contribution in [1.29, 1.82) is 0 Å². The fourth-order valence-electron chi connectivity index (χ4n) is 3.75. The number of nitrogens with one attached hydrogen (secondary N) is 1. The number of H-pyrrole nitrogens is 1. The Bertz CT molecular complexity index is 909. The first-order valence-corrected chi connectivity index (χ1v) is 11.3. The van der Waals surface area contributed by atoms with Gasteiger partial charge in [0.05, 0.1) is 22.0 Å². The van der Waals surface area contributed by atoms with E-state index in [4.69, 9.17) is 0 Å². The summed E-state index contributed by atoms with van der Waals surface area (Å²) in [5, 5.41) is 0.160. The van der Waals surface area contributed by atoms with E-state index in [1.54, 1.807) is 11.8 Å². The van der Waals surface area contributed by atoms with Crippen LogP contribution in [0, 0.1) is 0 Å². The van der Waals surface area contributed by atoms with Crippen LogP contribution in [0.1, 0.15) is 30.0 Å². The van der Waals surface area contributed by atoms with Gasteiger partial charge in [-0.3, -0.25) is 9.69 Å². The molecule has 0 saturated carbocycles. The van der Waals surface area contributed by atoms with Crippen LogP contribution in [0.2, 0.25) is 0 Å². The lowest BCUT2D eigenvalue weighted by Gasteiger charge is -2.22. The van der Waals surface area contributed by atoms with Crippen molar-refractivity contribution in [1.82, 2.24) is 19.8 Å². The molecule has 0 spiro atoms. The molecule has 0 radical (unpaired) electrons. The molecule has 1 aliphatic heterocycles. The van der Waals surface area contributed by atoms with Gasteiger partial charge in [0.25, 0.3) is 0 Å². The number of carbonyl (C=O) groups excluding carboxylic acids is 1. The maximum absolute atomic E-state index is 12.8. The number of benzene rings is 2. The van der Waals surface area contributed by atoms with Crippen LogP contribution < -0.4 is 0 Å². The lowest BCUT2D eigenvalue weighted by Crippen LogP contribution is -2.36. The van der Waals surface area contributed by atoms with Crippen LogP contribution in [0.4, 0.5) is 0 Å². The zero-order valence-corrected chi connectivity index (χ0v) is 17.7. The van der Waals surface area contributed by atoms with Crippen LogP contribution in [-0.2, 0) is 11.3 Å². The van der Waals surface area contributed by atoms with Crippen LogP contribution in [0.25, 0.3) is 11.0 Å². The van der Waals surface area contributed by atoms with Gasteiger partial charge in [0.1, 0.15) is 5.82 Å². The second-order valence-electron chi connectivity index (χ2n) is 7.59. The minimum atomic E-state index is 0.160. The van der Waals surface area contributed by atoms with Crippen molar-refractivity contribution < 1.29 is 4.79 Å². The van der Waals surface area contributed by atoms with E-state index in [1.165, 1.54) is 5.56 Å². The molecule has 2 heterocycles. The lowest BCUT2D eigenvalue weighted by atomic mass is 10.2. The molecule has 1 atom stereocenters. The standard InChI is InChI=1S/C23H28N4OS/c1-18(23-24-20-10-5-6-11-21(20)25-23)29-17-22(28)27-13-7-12-26(14-15-27)16-19-8-3-2-4-9-19/h2-6,8-11,18H,7,12-17H2,1H3,(H,24,25). The maximum atomic E-state index is 12.8. The van der Waals surface area contributed by atoms with Gasteiger partial charge in [-0.2, -0.15) is 0 Å². The third-order valence-electron chi connectivity index (χ3n) is 5.44. The monoisotopic (exact) mass is 408 g/mol. The molecule has 0 bridgehead atoms. The second kappa shape index (κ2) is 9.46. The second-order valence-corrected chi connectivity index (χ2v) is 8.92. The molecule has 5 nitrogen and oxygen atoms in total. The van der Waals surface area contributed by atoms with E-state index < -0.39 is 0 Å². The van der Waals surface area contributed by atoms with Crippen LogP contribution in [-0.4, -0.2) is 57.6 Å². The number of para-hydroxylation sites is 2. The van der Waals surface area contributed by atoms with Gasteiger partial charge in [-0.25, -0.2) is 4.98 Å². The molecule has 152 valence electrons. The first kappa shape index (κ1) is 20.0. The molecule has 1 fully saturated rings. The van der Waals surface area contributed by atoms with Gasteiger partial charge < -0.3 is 9.88 Å². The van der Waals surface area contributed by atoms with E-state index in [-0.39, 0.29) is 11.2 Å². The number of carbonyl (C=O) groups is 1. The zero-order chi connectivity index (χ0) is 20.1. The molecule has 1 saturated heterocycles. The molecule has 0 aliphatic carbocycles. The Morgan fingerprint density at radius 1 is 1.07 bits per heavy atom. The number of amides is 1. The fraction of sp³-hybridized carbons (Fsp3) is 0.391. The van der Waals surface area contributed by atoms with E-state index in [1.807, 2.05) is 29.2 Å². The van der Waals surface area contributed by atoms with E-state index in [2.05, 4.69) is 52.1 Å². The summed E-state index contributed by atoms with van der Waals surface area (Å²) in [7, 11) is 0. The van der Waals surface area contributed by atoms with E-state index in [9.17, 15) is 4.79 Å². The fourth-order valence-corrected chi connectivity index (χ4v) is 4.60. The van der Waals surface area contributed by atoms with Crippen molar-refractivity contribution in [2.24, 2.45) is 0 Å². The summed E-state index contributed by atoms with van der Waals surface area (Å²) in [6.45, 7) is 6.71. The van der Waals surface area contributed by atoms with Crippen molar-refractivity contribution in [3.63, 3.8) is 0 Å². The highest BCUT2D eigenvalue weighted by Gasteiger charge is 2.21.